The molecule has 0 saturated heterocycles. The molecule has 1 unspecified atom stereocenters. The predicted molar refractivity (Wildman–Crippen MR) is 66.6 cm³/mol. The Kier molecular flexibility index (Phi) is 2.57. The van der Waals surface area contributed by atoms with Crippen molar-refractivity contribution in [3.63, 3.8) is 0 Å². The number of hydrogen-bond acceptors (Lipinski definition) is 4. The van der Waals surface area contributed by atoms with Crippen molar-refractivity contribution >= 4 is 28.6 Å². The zero-order valence-electron chi connectivity index (χ0n) is 8.87. The summed E-state index contributed by atoms with van der Waals surface area (Å²) in [6.07, 6.45) is 4.96. The van der Waals surface area contributed by atoms with Gasteiger partial charge in [0, 0.05) is 16.5 Å². The lowest BCUT2D eigenvalue weighted by Crippen LogP contribution is -2.09. The Hall–Kier alpha value is -1.81. The van der Waals surface area contributed by atoms with Gasteiger partial charge in [-0.05, 0) is 18.2 Å². The van der Waals surface area contributed by atoms with E-state index in [0.29, 0.717) is 0 Å². The molecule has 0 fully saturated rings. The maximum Gasteiger partial charge on any atom is 0.328 e. The first-order valence-corrected chi connectivity index (χ1v) is 6.10. The maximum atomic E-state index is 11.4. The lowest BCUT2D eigenvalue weighted by molar-refractivity contribution is -0.134. The second-order valence-electron chi connectivity index (χ2n) is 3.64. The summed E-state index contributed by atoms with van der Waals surface area (Å²) in [5.74, 6) is -0.220. The van der Waals surface area contributed by atoms with Crippen LogP contribution in [0.4, 0.5) is 0 Å². The third-order valence-electron chi connectivity index (χ3n) is 2.52. The van der Waals surface area contributed by atoms with Crippen molar-refractivity contribution in [2.24, 2.45) is 0 Å². The van der Waals surface area contributed by atoms with Crippen LogP contribution in [0.5, 0.6) is 0 Å². The largest absolute Gasteiger partial charge is 0.434 e. The van der Waals surface area contributed by atoms with E-state index in [1.54, 1.807) is 12.3 Å². The fraction of sp³-hybridized carbons (Fsp3) is 0.0769. The third-order valence-corrected chi connectivity index (χ3v) is 3.71. The number of carbonyl (C=O) groups is 1. The van der Waals surface area contributed by atoms with Crippen molar-refractivity contribution in [2.45, 2.75) is 10.1 Å². The third kappa shape index (κ3) is 1.91. The molecular weight excluding hydrogens is 234 g/mol. The number of esters is 1. The molecule has 3 nitrogen and oxygen atoms in total. The minimum atomic E-state index is -0.261. The monoisotopic (exact) mass is 243 g/mol. The van der Waals surface area contributed by atoms with E-state index >= 15 is 0 Å². The van der Waals surface area contributed by atoms with Gasteiger partial charge in [-0.25, -0.2) is 0 Å². The van der Waals surface area contributed by atoms with Gasteiger partial charge < -0.3 is 4.74 Å². The SMILES string of the molecule is O=C1OC=CC1Sc1cccc2cccnc12. The lowest BCUT2D eigenvalue weighted by Gasteiger charge is -2.07. The summed E-state index contributed by atoms with van der Waals surface area (Å²) < 4.78 is 4.79. The van der Waals surface area contributed by atoms with Gasteiger partial charge in [0.2, 0.25) is 0 Å². The molecule has 0 bridgehead atoms. The molecule has 84 valence electrons. The van der Waals surface area contributed by atoms with Gasteiger partial charge in [-0.2, -0.15) is 0 Å². The number of aromatic nitrogens is 1. The summed E-state index contributed by atoms with van der Waals surface area (Å²) in [6, 6.07) is 9.86. The molecular formula is C13H9NO2S. The number of rotatable bonds is 2. The number of thioether (sulfide) groups is 1. The van der Waals surface area contributed by atoms with Crippen molar-refractivity contribution in [1.29, 1.82) is 0 Å². The second-order valence-corrected chi connectivity index (χ2v) is 4.82. The standard InChI is InChI=1S/C13H9NO2S/c15-13-11(6-8-16-13)17-10-5-1-3-9-4-2-7-14-12(9)10/h1-8,11H. The molecule has 2 heterocycles. The minimum absolute atomic E-state index is 0.220. The van der Waals surface area contributed by atoms with Crippen LogP contribution in [-0.2, 0) is 9.53 Å². The van der Waals surface area contributed by atoms with E-state index < -0.39 is 0 Å². The number of nitrogens with zero attached hydrogens (tertiary/aromatic N) is 1. The Labute approximate surface area is 102 Å². The van der Waals surface area contributed by atoms with E-state index in [-0.39, 0.29) is 11.2 Å². The number of pyridine rings is 1. The molecule has 0 spiro atoms. The topological polar surface area (TPSA) is 39.2 Å². The molecule has 0 radical (unpaired) electrons. The smallest absolute Gasteiger partial charge is 0.328 e. The van der Waals surface area contributed by atoms with Crippen LogP contribution in [-0.4, -0.2) is 16.2 Å². The van der Waals surface area contributed by atoms with E-state index in [4.69, 9.17) is 4.74 Å². The Balaban J connectivity index is 2.00. The summed E-state index contributed by atoms with van der Waals surface area (Å²) in [4.78, 5) is 16.7. The van der Waals surface area contributed by atoms with Crippen molar-refractivity contribution in [1.82, 2.24) is 4.98 Å². The average Bonchev–Trinajstić information content (AvgIpc) is 2.76. The van der Waals surface area contributed by atoms with Crippen LogP contribution in [0.3, 0.4) is 0 Å². The number of para-hydroxylation sites is 1. The fourth-order valence-electron chi connectivity index (χ4n) is 1.72. The molecule has 0 amide bonds. The highest BCUT2D eigenvalue weighted by molar-refractivity contribution is 8.01. The van der Waals surface area contributed by atoms with Crippen LogP contribution in [0.2, 0.25) is 0 Å². The zero-order valence-corrected chi connectivity index (χ0v) is 9.68. The average molecular weight is 243 g/mol. The van der Waals surface area contributed by atoms with Gasteiger partial charge in [-0.3, -0.25) is 9.78 Å². The van der Waals surface area contributed by atoms with Crippen LogP contribution in [0.25, 0.3) is 10.9 Å². The molecule has 17 heavy (non-hydrogen) atoms. The van der Waals surface area contributed by atoms with Crippen molar-refractivity contribution in [3.05, 3.63) is 48.9 Å². The van der Waals surface area contributed by atoms with Gasteiger partial charge >= 0.3 is 5.97 Å². The quantitative estimate of drug-likeness (QED) is 0.760. The first-order chi connectivity index (χ1) is 8.34. The van der Waals surface area contributed by atoms with E-state index in [1.807, 2.05) is 30.3 Å². The second kappa shape index (κ2) is 4.22. The molecule has 2 aromatic rings. The highest BCUT2D eigenvalue weighted by Gasteiger charge is 2.23. The zero-order chi connectivity index (χ0) is 11.7. The van der Waals surface area contributed by atoms with Crippen LogP contribution < -0.4 is 0 Å². The van der Waals surface area contributed by atoms with Gasteiger partial charge in [0.15, 0.2) is 0 Å². The number of benzene rings is 1. The van der Waals surface area contributed by atoms with Crippen LogP contribution in [0.1, 0.15) is 0 Å². The number of hydrogen-bond donors (Lipinski definition) is 0. The summed E-state index contributed by atoms with van der Waals surface area (Å²) in [6.45, 7) is 0. The number of ether oxygens (including phenoxy) is 1. The maximum absolute atomic E-state index is 11.4. The molecule has 1 aliphatic heterocycles. The van der Waals surface area contributed by atoms with E-state index in [9.17, 15) is 4.79 Å². The van der Waals surface area contributed by atoms with Crippen LogP contribution >= 0.6 is 11.8 Å². The Bertz CT molecular complexity index is 604. The lowest BCUT2D eigenvalue weighted by atomic mass is 10.2. The molecule has 0 aliphatic carbocycles. The van der Waals surface area contributed by atoms with E-state index in [2.05, 4.69) is 4.98 Å². The predicted octanol–water partition coefficient (Wildman–Crippen LogP) is 2.77. The molecule has 0 N–H and O–H groups in total. The molecule has 1 aliphatic rings. The van der Waals surface area contributed by atoms with Gasteiger partial charge in [0.05, 0.1) is 11.8 Å². The van der Waals surface area contributed by atoms with Crippen molar-refractivity contribution < 1.29 is 9.53 Å². The molecule has 0 saturated carbocycles. The van der Waals surface area contributed by atoms with Gasteiger partial charge in [0.1, 0.15) is 5.25 Å². The highest BCUT2D eigenvalue weighted by atomic mass is 32.2. The normalized spacial score (nSPS) is 18.6. The number of carbonyl (C=O) groups excluding carboxylic acids is 1. The molecule has 1 aromatic carbocycles. The summed E-state index contributed by atoms with van der Waals surface area (Å²) in [5, 5.41) is 0.815. The van der Waals surface area contributed by atoms with E-state index in [1.165, 1.54) is 18.0 Å². The minimum Gasteiger partial charge on any atom is -0.434 e. The molecule has 1 aromatic heterocycles. The van der Waals surface area contributed by atoms with Crippen molar-refractivity contribution in [2.75, 3.05) is 0 Å². The first kappa shape index (κ1) is 10.4. The van der Waals surface area contributed by atoms with E-state index in [0.717, 1.165) is 15.8 Å². The Morgan fingerprint density at radius 2 is 2.12 bits per heavy atom. The van der Waals surface area contributed by atoms with Crippen LogP contribution in [0, 0.1) is 0 Å². The summed E-state index contributed by atoms with van der Waals surface area (Å²) in [5.41, 5.74) is 0.924. The van der Waals surface area contributed by atoms with Gasteiger partial charge in [-0.15, -0.1) is 11.8 Å². The summed E-state index contributed by atoms with van der Waals surface area (Å²) in [7, 11) is 0. The van der Waals surface area contributed by atoms with Gasteiger partial charge in [-0.1, -0.05) is 18.2 Å². The summed E-state index contributed by atoms with van der Waals surface area (Å²) >= 11 is 1.46. The number of fused-ring (bicyclic) bond motifs is 1. The van der Waals surface area contributed by atoms with Crippen LogP contribution in [0.15, 0.2) is 53.8 Å². The Morgan fingerprint density at radius 1 is 1.24 bits per heavy atom. The molecule has 3 rings (SSSR count). The number of cyclic esters (lactones) is 1. The Morgan fingerprint density at radius 3 is 2.94 bits per heavy atom. The highest BCUT2D eigenvalue weighted by Crippen LogP contribution is 2.32. The fourth-order valence-corrected chi connectivity index (χ4v) is 2.73. The van der Waals surface area contributed by atoms with Gasteiger partial charge in [0.25, 0.3) is 0 Å². The molecule has 4 heteroatoms. The molecule has 1 atom stereocenters. The first-order valence-electron chi connectivity index (χ1n) is 5.22. The van der Waals surface area contributed by atoms with Crippen molar-refractivity contribution in [3.8, 4) is 0 Å².